The second kappa shape index (κ2) is 26.1. The van der Waals surface area contributed by atoms with Crippen molar-refractivity contribution in [1.29, 1.82) is 0 Å². The highest BCUT2D eigenvalue weighted by atomic mass is 15.0. The SMILES string of the molecule is CCCCCCCCCCCCCCCCCC([C+]1N=CC=N1)C(CCCCCCCCCC)Cc1ccccc1. The Morgan fingerprint density at radius 3 is 1.32 bits per heavy atom. The van der Waals surface area contributed by atoms with Gasteiger partial charge in [0.1, 0.15) is 0 Å². The quantitative estimate of drug-likeness (QED) is 0.0684. The maximum absolute atomic E-state index is 4.74. The standard InChI is InChI=1S/C39H67N2/c1-3-5-7-9-11-13-14-15-16-17-18-19-21-23-28-32-38(39-40-33-34-41-39)37(35-36-29-25-24-26-30-36)31-27-22-20-12-10-8-6-4-2/h24-26,29-30,33-34,37-38H,3-23,27-28,31-32,35H2,1-2H3/q+1. The molecule has 2 unspecified atom stereocenters. The van der Waals surface area contributed by atoms with Crippen LogP contribution in [0, 0.1) is 18.0 Å². The Bertz CT molecular complexity index is 727. The van der Waals surface area contributed by atoms with E-state index in [4.69, 9.17) is 9.98 Å². The van der Waals surface area contributed by atoms with Crippen LogP contribution in [0.5, 0.6) is 0 Å². The first kappa shape index (κ1) is 35.6. The van der Waals surface area contributed by atoms with Gasteiger partial charge in [-0.2, -0.15) is 0 Å². The molecule has 0 fully saturated rings. The highest BCUT2D eigenvalue weighted by Gasteiger charge is 2.35. The fourth-order valence-corrected chi connectivity index (χ4v) is 6.66. The Balaban J connectivity index is 1.68. The average Bonchev–Trinajstić information content (AvgIpc) is 3.53. The van der Waals surface area contributed by atoms with Crippen molar-refractivity contribution in [2.45, 2.75) is 181 Å². The maximum atomic E-state index is 4.74. The number of nitrogens with zero attached hydrogens (tertiary/aromatic N) is 2. The minimum absolute atomic E-state index is 0.497. The maximum Gasteiger partial charge on any atom is 0.244 e. The van der Waals surface area contributed by atoms with E-state index in [2.05, 4.69) is 44.2 Å². The predicted molar refractivity (Wildman–Crippen MR) is 184 cm³/mol. The molecule has 1 heterocycles. The number of rotatable bonds is 29. The number of unbranched alkanes of at least 4 members (excludes halogenated alkanes) is 21. The molecule has 0 aliphatic carbocycles. The van der Waals surface area contributed by atoms with Crippen LogP contribution in [0.25, 0.3) is 0 Å². The van der Waals surface area contributed by atoms with Crippen molar-refractivity contribution in [2.24, 2.45) is 21.8 Å². The zero-order valence-corrected chi connectivity index (χ0v) is 27.5. The number of hydrogen-bond donors (Lipinski definition) is 0. The van der Waals surface area contributed by atoms with Crippen LogP contribution >= 0.6 is 0 Å². The zero-order valence-electron chi connectivity index (χ0n) is 27.5. The van der Waals surface area contributed by atoms with Crippen LogP contribution in [-0.4, -0.2) is 12.4 Å². The van der Waals surface area contributed by atoms with Crippen molar-refractivity contribution in [3.63, 3.8) is 0 Å². The van der Waals surface area contributed by atoms with E-state index in [1.165, 1.54) is 166 Å². The Morgan fingerprint density at radius 1 is 0.488 bits per heavy atom. The summed E-state index contributed by atoms with van der Waals surface area (Å²) in [5.74, 6) is 1.14. The number of hydrogen-bond acceptors (Lipinski definition) is 2. The second-order valence-electron chi connectivity index (χ2n) is 13.0. The molecule has 0 bridgehead atoms. The van der Waals surface area contributed by atoms with Gasteiger partial charge in [-0.3, -0.25) is 0 Å². The van der Waals surface area contributed by atoms with Gasteiger partial charge in [-0.05, 0) is 30.7 Å². The molecule has 0 N–H and O–H groups in total. The molecule has 2 heteroatoms. The van der Waals surface area contributed by atoms with Crippen molar-refractivity contribution >= 4 is 12.4 Å². The van der Waals surface area contributed by atoms with E-state index in [1.807, 2.05) is 12.4 Å². The van der Waals surface area contributed by atoms with Crippen LogP contribution in [-0.2, 0) is 6.42 Å². The summed E-state index contributed by atoms with van der Waals surface area (Å²) in [6.07, 6.45) is 41.1. The topological polar surface area (TPSA) is 24.7 Å². The third-order valence-electron chi connectivity index (χ3n) is 9.27. The minimum atomic E-state index is 0.497. The molecule has 1 aliphatic heterocycles. The highest BCUT2D eigenvalue weighted by molar-refractivity contribution is 6.18. The lowest BCUT2D eigenvalue weighted by Gasteiger charge is -2.26. The molecule has 0 amide bonds. The van der Waals surface area contributed by atoms with Crippen molar-refractivity contribution < 1.29 is 0 Å². The summed E-state index contributed by atoms with van der Waals surface area (Å²) in [7, 11) is 0. The van der Waals surface area contributed by atoms with Gasteiger partial charge in [0, 0.05) is 0 Å². The van der Waals surface area contributed by atoms with Gasteiger partial charge in [0.05, 0.1) is 5.92 Å². The van der Waals surface area contributed by atoms with Crippen LogP contribution in [0.15, 0.2) is 40.3 Å². The molecule has 2 nitrogen and oxygen atoms in total. The molecular formula is C39H67N2+. The van der Waals surface area contributed by atoms with Crippen LogP contribution in [0.4, 0.5) is 0 Å². The van der Waals surface area contributed by atoms with Crippen LogP contribution in [0.1, 0.15) is 180 Å². The Hall–Kier alpha value is -1.57. The van der Waals surface area contributed by atoms with Crippen molar-refractivity contribution in [1.82, 2.24) is 0 Å². The molecule has 232 valence electrons. The van der Waals surface area contributed by atoms with Gasteiger partial charge in [-0.15, -0.1) is 0 Å². The minimum Gasteiger partial charge on any atom is -0.0965 e. The van der Waals surface area contributed by atoms with Gasteiger partial charge in [-0.25, -0.2) is 0 Å². The van der Waals surface area contributed by atoms with Crippen LogP contribution < -0.4 is 0 Å². The molecule has 2 atom stereocenters. The second-order valence-corrected chi connectivity index (χ2v) is 13.0. The monoisotopic (exact) mass is 564 g/mol. The van der Waals surface area contributed by atoms with Gasteiger partial charge in [0.25, 0.3) is 0 Å². The zero-order chi connectivity index (χ0) is 29.1. The average molecular weight is 564 g/mol. The first-order valence-corrected chi connectivity index (χ1v) is 18.3. The van der Waals surface area contributed by atoms with E-state index in [0.717, 1.165) is 12.6 Å². The Morgan fingerprint density at radius 2 is 0.878 bits per heavy atom. The summed E-state index contributed by atoms with van der Waals surface area (Å²) in [5, 5.41) is 0. The molecular weight excluding hydrogens is 496 g/mol. The lowest BCUT2D eigenvalue weighted by atomic mass is 9.78. The van der Waals surface area contributed by atoms with Gasteiger partial charge in [-0.1, -0.05) is 202 Å². The van der Waals surface area contributed by atoms with Gasteiger partial charge >= 0.3 is 0 Å². The lowest BCUT2D eigenvalue weighted by molar-refractivity contribution is 0.284. The summed E-state index contributed by atoms with van der Waals surface area (Å²) >= 11 is 0. The molecule has 0 aromatic heterocycles. The summed E-state index contributed by atoms with van der Waals surface area (Å²) in [6.45, 7) is 4.61. The molecule has 0 spiro atoms. The van der Waals surface area contributed by atoms with E-state index in [-0.39, 0.29) is 0 Å². The van der Waals surface area contributed by atoms with E-state index < -0.39 is 0 Å². The normalized spacial score (nSPS) is 14.2. The smallest absolute Gasteiger partial charge is 0.0965 e. The summed E-state index contributed by atoms with van der Waals surface area (Å²) < 4.78 is 0. The van der Waals surface area contributed by atoms with Crippen LogP contribution in [0.2, 0.25) is 0 Å². The summed E-state index contributed by atoms with van der Waals surface area (Å²) in [5.41, 5.74) is 1.48. The first-order valence-electron chi connectivity index (χ1n) is 18.3. The van der Waals surface area contributed by atoms with Crippen molar-refractivity contribution in [3.8, 4) is 0 Å². The third kappa shape index (κ3) is 18.6. The van der Waals surface area contributed by atoms with E-state index in [9.17, 15) is 0 Å². The molecule has 0 saturated heterocycles. The van der Waals surface area contributed by atoms with Crippen LogP contribution in [0.3, 0.4) is 0 Å². The number of benzene rings is 1. The molecule has 2 rings (SSSR count). The Labute approximate surface area is 256 Å². The molecule has 41 heavy (non-hydrogen) atoms. The highest BCUT2D eigenvalue weighted by Crippen LogP contribution is 2.37. The Kier molecular flexibility index (Phi) is 22.7. The predicted octanol–water partition coefficient (Wildman–Crippen LogP) is 12.9. The summed E-state index contributed by atoms with van der Waals surface area (Å²) in [4.78, 5) is 9.49. The fourth-order valence-electron chi connectivity index (χ4n) is 6.66. The van der Waals surface area contributed by atoms with E-state index in [0.29, 0.717) is 11.8 Å². The third-order valence-corrected chi connectivity index (χ3v) is 9.27. The van der Waals surface area contributed by atoms with Crippen molar-refractivity contribution in [2.75, 3.05) is 0 Å². The molecule has 0 radical (unpaired) electrons. The molecule has 1 aromatic rings. The number of aliphatic imine (C=N–C) groups is 2. The summed E-state index contributed by atoms with van der Waals surface area (Å²) in [6, 6.07) is 11.2. The van der Waals surface area contributed by atoms with Gasteiger partial charge in [0.15, 0.2) is 12.4 Å². The fraction of sp³-hybridized carbons (Fsp3) is 0.769. The molecule has 1 aromatic carbocycles. The largest absolute Gasteiger partial charge is 0.244 e. The molecule has 0 saturated carbocycles. The van der Waals surface area contributed by atoms with Gasteiger partial charge < -0.3 is 0 Å². The van der Waals surface area contributed by atoms with Crippen molar-refractivity contribution in [3.05, 3.63) is 42.1 Å². The molecule has 1 aliphatic rings. The lowest BCUT2D eigenvalue weighted by Crippen LogP contribution is -2.22. The van der Waals surface area contributed by atoms with E-state index in [1.54, 1.807) is 0 Å². The van der Waals surface area contributed by atoms with Gasteiger partial charge in [0.2, 0.25) is 6.17 Å². The van der Waals surface area contributed by atoms with E-state index >= 15 is 0 Å². The first-order chi connectivity index (χ1) is 20.3.